The minimum Gasteiger partial charge on any atom is -0.281 e. The Bertz CT molecular complexity index is 565. The number of hydrogen-bond acceptors (Lipinski definition) is 1. The summed E-state index contributed by atoms with van der Waals surface area (Å²) in [6, 6.07) is 5.39. The second-order valence-corrected chi connectivity index (χ2v) is 4.97. The molecule has 2 nitrogen and oxygen atoms in total. The molecule has 5 heteroatoms. The Balaban J connectivity index is 2.07. The quantitative estimate of drug-likeness (QED) is 0.817. The first-order chi connectivity index (χ1) is 8.07. The fraction of sp³-hybridized carbons (Fsp3) is 0.417. The van der Waals surface area contributed by atoms with Gasteiger partial charge in [-0.1, -0.05) is 17.7 Å². The molecule has 0 bridgehead atoms. The molecule has 1 fully saturated rings. The molecule has 1 aromatic heterocycles. The van der Waals surface area contributed by atoms with Crippen molar-refractivity contribution in [2.24, 2.45) is 0 Å². The summed E-state index contributed by atoms with van der Waals surface area (Å²) in [7, 11) is 0. The maximum Gasteiger partial charge on any atom is 0.248 e. The number of rotatable bonds is 1. The van der Waals surface area contributed by atoms with Gasteiger partial charge in [-0.3, -0.25) is 5.10 Å². The number of benzene rings is 1. The normalized spacial score (nSPS) is 23.4. The number of H-pyrrole nitrogens is 1. The zero-order chi connectivity index (χ0) is 12.0. The Kier molecular flexibility index (Phi) is 2.36. The van der Waals surface area contributed by atoms with E-state index in [9.17, 15) is 8.78 Å². The van der Waals surface area contributed by atoms with Gasteiger partial charge in [0, 0.05) is 29.8 Å². The Morgan fingerprint density at radius 2 is 2.24 bits per heavy atom. The molecule has 1 aromatic carbocycles. The third kappa shape index (κ3) is 1.80. The average Bonchev–Trinajstić information content (AvgIpc) is 2.82. The second-order valence-electron chi connectivity index (χ2n) is 4.57. The number of halogens is 3. The second kappa shape index (κ2) is 3.67. The molecule has 1 atom stereocenters. The van der Waals surface area contributed by atoms with E-state index in [0.717, 1.165) is 16.6 Å². The Hall–Kier alpha value is -1.16. The van der Waals surface area contributed by atoms with Crippen LogP contribution in [-0.4, -0.2) is 16.1 Å². The third-order valence-electron chi connectivity index (χ3n) is 3.37. The van der Waals surface area contributed by atoms with Crippen LogP contribution in [0, 0.1) is 0 Å². The lowest BCUT2D eigenvalue weighted by molar-refractivity contribution is 0.00770. The van der Waals surface area contributed by atoms with Gasteiger partial charge in [-0.05, 0) is 18.6 Å². The van der Waals surface area contributed by atoms with Crippen LogP contribution in [0.3, 0.4) is 0 Å². The molecule has 2 aromatic rings. The monoisotopic (exact) mass is 256 g/mol. The summed E-state index contributed by atoms with van der Waals surface area (Å²) in [4.78, 5) is 0. The van der Waals surface area contributed by atoms with Crippen LogP contribution in [-0.2, 0) is 0 Å². The molecule has 0 spiro atoms. The van der Waals surface area contributed by atoms with Crippen molar-refractivity contribution >= 4 is 22.5 Å². The van der Waals surface area contributed by atoms with Crippen molar-refractivity contribution in [1.82, 2.24) is 10.2 Å². The van der Waals surface area contributed by atoms with Crippen molar-refractivity contribution < 1.29 is 8.78 Å². The molecule has 1 saturated carbocycles. The SMILES string of the molecule is FC1(F)CCC(c2[nH]nc3cccc(Cl)c23)C1. The number of hydrogen-bond donors (Lipinski definition) is 1. The van der Waals surface area contributed by atoms with Crippen molar-refractivity contribution in [3.05, 3.63) is 28.9 Å². The van der Waals surface area contributed by atoms with Gasteiger partial charge in [-0.15, -0.1) is 0 Å². The van der Waals surface area contributed by atoms with E-state index in [1.807, 2.05) is 6.07 Å². The summed E-state index contributed by atoms with van der Waals surface area (Å²) in [5.74, 6) is -2.72. The van der Waals surface area contributed by atoms with Crippen LogP contribution < -0.4 is 0 Å². The third-order valence-corrected chi connectivity index (χ3v) is 3.68. The van der Waals surface area contributed by atoms with E-state index in [0.29, 0.717) is 11.4 Å². The molecule has 0 saturated heterocycles. The summed E-state index contributed by atoms with van der Waals surface area (Å²) >= 11 is 6.11. The molecular weight excluding hydrogens is 246 g/mol. The van der Waals surface area contributed by atoms with E-state index in [1.54, 1.807) is 12.1 Å². The van der Waals surface area contributed by atoms with Crippen LogP contribution in [0.15, 0.2) is 18.2 Å². The minimum atomic E-state index is -2.55. The summed E-state index contributed by atoms with van der Waals surface area (Å²) in [5, 5.41) is 8.34. The van der Waals surface area contributed by atoms with Crippen molar-refractivity contribution in [2.45, 2.75) is 31.1 Å². The Morgan fingerprint density at radius 1 is 1.41 bits per heavy atom. The maximum absolute atomic E-state index is 13.2. The van der Waals surface area contributed by atoms with Crippen molar-refractivity contribution in [3.8, 4) is 0 Å². The van der Waals surface area contributed by atoms with Gasteiger partial charge in [0.05, 0.1) is 10.5 Å². The zero-order valence-corrected chi connectivity index (χ0v) is 9.77. The molecule has 1 aliphatic carbocycles. The molecule has 1 N–H and O–H groups in total. The van der Waals surface area contributed by atoms with Crippen molar-refractivity contribution in [3.63, 3.8) is 0 Å². The number of nitrogens with zero attached hydrogens (tertiary/aromatic N) is 1. The lowest BCUT2D eigenvalue weighted by atomic mass is 10.0. The molecule has 90 valence electrons. The average molecular weight is 257 g/mol. The van der Waals surface area contributed by atoms with Crippen LogP contribution >= 0.6 is 11.6 Å². The highest BCUT2D eigenvalue weighted by Crippen LogP contribution is 2.45. The van der Waals surface area contributed by atoms with Gasteiger partial charge in [-0.25, -0.2) is 8.78 Å². The molecule has 1 heterocycles. The zero-order valence-electron chi connectivity index (χ0n) is 9.01. The summed E-state index contributed by atoms with van der Waals surface area (Å²) in [6.45, 7) is 0. The van der Waals surface area contributed by atoms with Gasteiger partial charge in [-0.2, -0.15) is 5.10 Å². The maximum atomic E-state index is 13.2. The lowest BCUT2D eigenvalue weighted by Gasteiger charge is -2.09. The van der Waals surface area contributed by atoms with Crippen LogP contribution in [0.4, 0.5) is 8.78 Å². The van der Waals surface area contributed by atoms with Crippen molar-refractivity contribution in [2.75, 3.05) is 0 Å². The largest absolute Gasteiger partial charge is 0.281 e. The molecule has 0 aliphatic heterocycles. The number of nitrogens with one attached hydrogen (secondary N) is 1. The van der Waals surface area contributed by atoms with E-state index in [2.05, 4.69) is 10.2 Å². The molecule has 1 aliphatic rings. The van der Waals surface area contributed by atoms with E-state index < -0.39 is 5.92 Å². The van der Waals surface area contributed by atoms with E-state index in [1.165, 1.54) is 0 Å². The lowest BCUT2D eigenvalue weighted by Crippen LogP contribution is -2.09. The van der Waals surface area contributed by atoms with Crippen LogP contribution in [0.1, 0.15) is 30.9 Å². The van der Waals surface area contributed by atoms with Crippen LogP contribution in [0.2, 0.25) is 5.02 Å². The number of alkyl halides is 2. The van der Waals surface area contributed by atoms with Gasteiger partial charge < -0.3 is 0 Å². The predicted octanol–water partition coefficient (Wildman–Crippen LogP) is 4.12. The van der Waals surface area contributed by atoms with Gasteiger partial charge in [0.2, 0.25) is 5.92 Å². The molecule has 17 heavy (non-hydrogen) atoms. The minimum absolute atomic E-state index is 0.0529. The predicted molar refractivity (Wildman–Crippen MR) is 62.6 cm³/mol. The molecule has 1 unspecified atom stereocenters. The Labute approximate surface area is 102 Å². The van der Waals surface area contributed by atoms with Crippen molar-refractivity contribution in [1.29, 1.82) is 0 Å². The first-order valence-corrected chi connectivity index (χ1v) is 5.95. The fourth-order valence-corrected chi connectivity index (χ4v) is 2.81. The number of aromatic amines is 1. The van der Waals surface area contributed by atoms with E-state index in [-0.39, 0.29) is 18.8 Å². The smallest absolute Gasteiger partial charge is 0.248 e. The number of aromatic nitrogens is 2. The molecule has 0 radical (unpaired) electrons. The van der Waals surface area contributed by atoms with Gasteiger partial charge in [0.1, 0.15) is 0 Å². The first-order valence-electron chi connectivity index (χ1n) is 5.57. The van der Waals surface area contributed by atoms with Crippen LogP contribution in [0.25, 0.3) is 10.9 Å². The highest BCUT2D eigenvalue weighted by Gasteiger charge is 2.41. The first kappa shape index (κ1) is 11.0. The molecular formula is C12H11ClF2N2. The summed E-state index contributed by atoms with van der Waals surface area (Å²) < 4.78 is 26.4. The molecule has 0 amide bonds. The van der Waals surface area contributed by atoms with Crippen LogP contribution in [0.5, 0.6) is 0 Å². The fourth-order valence-electron chi connectivity index (χ4n) is 2.54. The van der Waals surface area contributed by atoms with Gasteiger partial charge in [0.15, 0.2) is 0 Å². The topological polar surface area (TPSA) is 28.7 Å². The standard InChI is InChI=1S/C12H11ClF2N2/c13-8-2-1-3-9-10(8)11(17-16-9)7-4-5-12(14,15)6-7/h1-3,7H,4-6H2,(H,16,17). The van der Waals surface area contributed by atoms with E-state index in [4.69, 9.17) is 11.6 Å². The highest BCUT2D eigenvalue weighted by atomic mass is 35.5. The van der Waals surface area contributed by atoms with Gasteiger partial charge in [0.25, 0.3) is 0 Å². The number of fused-ring (bicyclic) bond motifs is 1. The Morgan fingerprint density at radius 3 is 2.94 bits per heavy atom. The molecule has 3 rings (SSSR count). The van der Waals surface area contributed by atoms with Gasteiger partial charge >= 0.3 is 0 Å². The van der Waals surface area contributed by atoms with E-state index >= 15 is 0 Å². The summed E-state index contributed by atoms with van der Waals surface area (Å²) in [5.41, 5.74) is 1.49. The summed E-state index contributed by atoms with van der Waals surface area (Å²) in [6.07, 6.45) is 0.313. The highest BCUT2D eigenvalue weighted by molar-refractivity contribution is 6.35.